The molecule has 11 heteroatoms. The van der Waals surface area contributed by atoms with Crippen molar-refractivity contribution in [1.29, 1.82) is 0 Å². The highest BCUT2D eigenvalue weighted by atomic mass is 35.5. The van der Waals surface area contributed by atoms with Gasteiger partial charge in [-0.15, -0.1) is 22.7 Å². The summed E-state index contributed by atoms with van der Waals surface area (Å²) in [6, 6.07) is 16.5. The van der Waals surface area contributed by atoms with Crippen LogP contribution in [0.3, 0.4) is 0 Å². The van der Waals surface area contributed by atoms with E-state index in [1.165, 1.54) is 22.7 Å². The molecule has 0 aliphatic heterocycles. The number of nitrogens with zero attached hydrogens (tertiary/aromatic N) is 1. The molecule has 5 rings (SSSR count). The summed E-state index contributed by atoms with van der Waals surface area (Å²) in [6.07, 6.45) is 0. The van der Waals surface area contributed by atoms with Gasteiger partial charge in [0.05, 0.1) is 31.0 Å². The zero-order valence-electron chi connectivity index (χ0n) is 16.8. The van der Waals surface area contributed by atoms with Gasteiger partial charge in [-0.25, -0.2) is 4.98 Å². The van der Waals surface area contributed by atoms with Gasteiger partial charge < -0.3 is 5.32 Å². The fourth-order valence-electron chi connectivity index (χ4n) is 3.29. The van der Waals surface area contributed by atoms with Crippen LogP contribution in [0.4, 0.5) is 5.69 Å². The number of benzene rings is 3. The second-order valence-electron chi connectivity index (χ2n) is 7.09. The first-order valence-electron chi connectivity index (χ1n) is 9.65. The van der Waals surface area contributed by atoms with Crippen LogP contribution >= 0.6 is 81.3 Å². The summed E-state index contributed by atoms with van der Waals surface area (Å²) in [5, 5.41) is 8.91. The summed E-state index contributed by atoms with van der Waals surface area (Å²) < 4.78 is 1.85. The first-order valence-corrected chi connectivity index (χ1v) is 13.2. The highest BCUT2D eigenvalue weighted by molar-refractivity contribution is 7.80. The zero-order chi connectivity index (χ0) is 24.0. The molecule has 0 saturated heterocycles. The average Bonchev–Trinajstić information content (AvgIpc) is 3.36. The van der Waals surface area contributed by atoms with E-state index in [9.17, 15) is 4.79 Å². The molecule has 4 nitrogen and oxygen atoms in total. The second kappa shape index (κ2) is 9.59. The third-order valence-corrected chi connectivity index (χ3v) is 8.64. The molecular formula is C23H11Cl4N3OS3. The van der Waals surface area contributed by atoms with Gasteiger partial charge in [-0.2, -0.15) is 0 Å². The van der Waals surface area contributed by atoms with Gasteiger partial charge in [0, 0.05) is 20.7 Å². The smallest absolute Gasteiger partial charge is 0.269 e. The largest absolute Gasteiger partial charge is 0.331 e. The molecule has 5 aromatic rings. The van der Waals surface area contributed by atoms with E-state index in [2.05, 4.69) is 15.6 Å². The van der Waals surface area contributed by atoms with Crippen molar-refractivity contribution in [3.8, 4) is 10.6 Å². The maximum atomic E-state index is 12.8. The number of carbonyl (C=O) groups excluding carboxylic acids is 1. The van der Waals surface area contributed by atoms with E-state index in [-0.39, 0.29) is 5.11 Å². The summed E-state index contributed by atoms with van der Waals surface area (Å²) in [5.41, 5.74) is 2.07. The molecule has 2 heterocycles. The molecule has 0 bridgehead atoms. The zero-order valence-corrected chi connectivity index (χ0v) is 22.3. The van der Waals surface area contributed by atoms with Crippen molar-refractivity contribution in [2.75, 3.05) is 5.32 Å². The molecule has 0 saturated carbocycles. The van der Waals surface area contributed by atoms with Crippen molar-refractivity contribution >= 4 is 118 Å². The number of hydrogen-bond acceptors (Lipinski definition) is 5. The van der Waals surface area contributed by atoms with Crippen LogP contribution in [0.25, 0.3) is 30.9 Å². The van der Waals surface area contributed by atoms with Crippen LogP contribution in [0, 0.1) is 0 Å². The van der Waals surface area contributed by atoms with Crippen molar-refractivity contribution in [2.45, 2.75) is 0 Å². The molecule has 0 spiro atoms. The van der Waals surface area contributed by atoms with E-state index in [0.29, 0.717) is 36.2 Å². The number of amides is 1. The summed E-state index contributed by atoms with van der Waals surface area (Å²) in [5.74, 6) is -0.434. The number of rotatable bonds is 3. The molecule has 3 aromatic carbocycles. The minimum absolute atomic E-state index is 0.0658. The molecule has 2 N–H and O–H groups in total. The van der Waals surface area contributed by atoms with Gasteiger partial charge in [-0.1, -0.05) is 64.6 Å². The Balaban J connectivity index is 1.39. The molecular weight excluding hydrogens is 572 g/mol. The van der Waals surface area contributed by atoms with Gasteiger partial charge in [-0.3, -0.25) is 10.1 Å². The highest BCUT2D eigenvalue weighted by Crippen LogP contribution is 2.39. The third kappa shape index (κ3) is 4.62. The van der Waals surface area contributed by atoms with Gasteiger partial charge in [0.15, 0.2) is 5.11 Å². The Morgan fingerprint density at radius 3 is 2.50 bits per heavy atom. The number of thiazole rings is 1. The number of hydrogen-bond donors (Lipinski definition) is 2. The monoisotopic (exact) mass is 581 g/mol. The molecule has 170 valence electrons. The summed E-state index contributed by atoms with van der Waals surface area (Å²) in [4.78, 5) is 17.8. The van der Waals surface area contributed by atoms with E-state index in [1.54, 1.807) is 30.3 Å². The lowest BCUT2D eigenvalue weighted by Crippen LogP contribution is -2.33. The minimum atomic E-state index is -0.434. The number of fused-ring (bicyclic) bond motifs is 2. The number of thiocarbonyl (C=S) groups is 1. The molecule has 2 aromatic heterocycles. The van der Waals surface area contributed by atoms with Crippen LogP contribution in [-0.2, 0) is 0 Å². The van der Waals surface area contributed by atoms with Crippen molar-refractivity contribution in [1.82, 2.24) is 10.3 Å². The molecule has 0 aliphatic carbocycles. The van der Waals surface area contributed by atoms with Gasteiger partial charge >= 0.3 is 0 Å². The Labute approximate surface area is 227 Å². The number of thiophene rings is 1. The van der Waals surface area contributed by atoms with Crippen molar-refractivity contribution < 1.29 is 4.79 Å². The molecule has 0 fully saturated rings. The van der Waals surface area contributed by atoms with Crippen molar-refractivity contribution in [2.24, 2.45) is 0 Å². The van der Waals surface area contributed by atoms with E-state index in [0.717, 1.165) is 25.3 Å². The fourth-order valence-corrected chi connectivity index (χ4v) is 6.76. The second-order valence-corrected chi connectivity index (χ2v) is 11.2. The van der Waals surface area contributed by atoms with Crippen LogP contribution in [0.1, 0.15) is 9.67 Å². The summed E-state index contributed by atoms with van der Waals surface area (Å²) >= 11 is 33.4. The number of aromatic nitrogens is 1. The molecule has 0 aliphatic rings. The van der Waals surface area contributed by atoms with Crippen LogP contribution in [0.5, 0.6) is 0 Å². The first-order chi connectivity index (χ1) is 16.3. The number of anilines is 1. The van der Waals surface area contributed by atoms with Gasteiger partial charge in [0.25, 0.3) is 5.91 Å². The molecule has 0 unspecified atom stereocenters. The molecule has 1 amide bonds. The lowest BCUT2D eigenvalue weighted by molar-refractivity contribution is 0.0982. The fraction of sp³-hybridized carbons (Fsp3) is 0. The predicted molar refractivity (Wildman–Crippen MR) is 151 cm³/mol. The topological polar surface area (TPSA) is 54.0 Å². The Hall–Kier alpha value is -1.97. The van der Waals surface area contributed by atoms with E-state index in [1.807, 2.05) is 24.3 Å². The minimum Gasteiger partial charge on any atom is -0.331 e. The number of nitrogens with one attached hydrogen (secondary N) is 2. The normalized spacial score (nSPS) is 11.2. The lowest BCUT2D eigenvalue weighted by Gasteiger charge is -2.12. The molecule has 0 atom stereocenters. The van der Waals surface area contributed by atoms with Gasteiger partial charge in [0.2, 0.25) is 0 Å². The molecule has 0 radical (unpaired) electrons. The van der Waals surface area contributed by atoms with Crippen molar-refractivity contribution in [3.63, 3.8) is 0 Å². The Morgan fingerprint density at radius 2 is 1.71 bits per heavy atom. The van der Waals surface area contributed by atoms with E-state index in [4.69, 9.17) is 58.6 Å². The number of carbonyl (C=O) groups is 1. The van der Waals surface area contributed by atoms with Gasteiger partial charge in [-0.05, 0) is 48.6 Å². The van der Waals surface area contributed by atoms with Crippen LogP contribution in [-0.4, -0.2) is 16.0 Å². The Kier molecular flexibility index (Phi) is 6.70. The van der Waals surface area contributed by atoms with Crippen LogP contribution in [0.2, 0.25) is 20.1 Å². The summed E-state index contributed by atoms with van der Waals surface area (Å²) in [6.45, 7) is 0. The van der Waals surface area contributed by atoms with Crippen LogP contribution < -0.4 is 10.6 Å². The quantitative estimate of drug-likeness (QED) is 0.208. The Morgan fingerprint density at radius 1 is 0.912 bits per heavy atom. The number of halogens is 4. The third-order valence-electron chi connectivity index (χ3n) is 4.85. The highest BCUT2D eigenvalue weighted by Gasteiger charge is 2.19. The maximum Gasteiger partial charge on any atom is 0.269 e. The summed E-state index contributed by atoms with van der Waals surface area (Å²) in [7, 11) is 0. The van der Waals surface area contributed by atoms with E-state index < -0.39 is 5.91 Å². The van der Waals surface area contributed by atoms with Crippen LogP contribution in [0.15, 0.2) is 54.6 Å². The lowest BCUT2D eigenvalue weighted by atomic mass is 10.2. The first kappa shape index (κ1) is 23.8. The van der Waals surface area contributed by atoms with Crippen molar-refractivity contribution in [3.05, 3.63) is 79.6 Å². The van der Waals surface area contributed by atoms with Gasteiger partial charge in [0.1, 0.15) is 9.88 Å². The predicted octanol–water partition coefficient (Wildman–Crippen LogP) is 8.92. The standard InChI is InChI=1S/C23H11Cl4N3OS3/c24-10-5-6-11-18(7-10)33-20(19(11)27)21(31)30-23(32)29-16-8-12(13(25)9-14(16)26)22-28-15-3-1-2-4-17(15)34-22/h1-9H,(H2,29,30,31,32). The SMILES string of the molecule is O=C(NC(=S)Nc1cc(-c2nc3ccccc3s2)c(Cl)cc1Cl)c1sc2cc(Cl)ccc2c1Cl. The number of para-hydroxylation sites is 1. The van der Waals surface area contributed by atoms with E-state index >= 15 is 0 Å². The molecule has 34 heavy (non-hydrogen) atoms. The maximum absolute atomic E-state index is 12.8. The average molecular weight is 583 g/mol. The Bertz CT molecular complexity index is 1580.